The highest BCUT2D eigenvalue weighted by Gasteiger charge is 2.43. The average molecular weight is 544 g/mol. The molecule has 0 spiro atoms. The first kappa shape index (κ1) is 29.1. The molecule has 2 heterocycles. The van der Waals surface area contributed by atoms with Gasteiger partial charge in [0, 0.05) is 23.4 Å². The number of alkyl halides is 1. The van der Waals surface area contributed by atoms with Gasteiger partial charge in [-0.1, -0.05) is 13.0 Å². The van der Waals surface area contributed by atoms with Crippen molar-refractivity contribution in [1.29, 1.82) is 0 Å². The molecular weight excluding hydrogens is 504 g/mol. The van der Waals surface area contributed by atoms with Crippen molar-refractivity contribution in [2.45, 2.75) is 64.6 Å². The van der Waals surface area contributed by atoms with Crippen LogP contribution in [-0.4, -0.2) is 64.7 Å². The van der Waals surface area contributed by atoms with Crippen LogP contribution in [0.3, 0.4) is 0 Å². The Morgan fingerprint density at radius 3 is 2.51 bits per heavy atom. The largest absolute Gasteiger partial charge is 0.492 e. The van der Waals surface area contributed by atoms with Crippen LogP contribution in [0.2, 0.25) is 0 Å². The summed E-state index contributed by atoms with van der Waals surface area (Å²) in [5, 5.41) is 10.2. The molecule has 3 N–H and O–H groups in total. The molecule has 1 amide bonds. The van der Waals surface area contributed by atoms with E-state index in [0.29, 0.717) is 36.1 Å². The van der Waals surface area contributed by atoms with Gasteiger partial charge < -0.3 is 20.5 Å². The Labute approximate surface area is 228 Å². The first-order valence-corrected chi connectivity index (χ1v) is 13.7. The van der Waals surface area contributed by atoms with Gasteiger partial charge in [0.15, 0.2) is 5.78 Å². The van der Waals surface area contributed by atoms with Crippen LogP contribution in [0.4, 0.5) is 8.78 Å². The number of piperidine rings is 1. The molecule has 1 aromatic heterocycles. The average Bonchev–Trinajstić information content (AvgIpc) is 2.87. The highest BCUT2D eigenvalue weighted by molar-refractivity contribution is 5.99. The van der Waals surface area contributed by atoms with Crippen LogP contribution in [0.25, 0.3) is 11.3 Å². The fourth-order valence-corrected chi connectivity index (χ4v) is 5.83. The van der Waals surface area contributed by atoms with E-state index in [1.54, 1.807) is 45.2 Å². The monoisotopic (exact) mass is 543 g/mol. The minimum atomic E-state index is -1.19. The number of nitrogens with zero attached hydrogens (tertiary/aromatic N) is 2. The number of aliphatic hydroxyl groups is 1. The highest BCUT2D eigenvalue weighted by atomic mass is 19.1. The zero-order valence-electron chi connectivity index (χ0n) is 23.0. The highest BCUT2D eigenvalue weighted by Crippen LogP contribution is 2.40. The molecule has 4 rings (SSSR count). The number of primary amides is 1. The van der Waals surface area contributed by atoms with E-state index in [1.165, 1.54) is 12.1 Å². The molecular formula is C30H39F2N3O4. The Bertz CT molecular complexity index is 1180. The van der Waals surface area contributed by atoms with E-state index in [-0.39, 0.29) is 24.8 Å². The summed E-state index contributed by atoms with van der Waals surface area (Å²) in [7, 11) is 0. The topological polar surface area (TPSA) is 106 Å². The number of carbonyl (C=O) groups is 2. The van der Waals surface area contributed by atoms with Gasteiger partial charge in [0.25, 0.3) is 0 Å². The maximum absolute atomic E-state index is 15.1. The zero-order valence-corrected chi connectivity index (χ0v) is 23.0. The lowest BCUT2D eigenvalue weighted by Gasteiger charge is -2.37. The number of Topliss-reactive ketones (excluding diaryl/α,β-unsaturated/α-hetero) is 1. The van der Waals surface area contributed by atoms with Gasteiger partial charge in [-0.3, -0.25) is 14.6 Å². The van der Waals surface area contributed by atoms with Gasteiger partial charge in [0.1, 0.15) is 17.2 Å². The Balaban J connectivity index is 1.34. The summed E-state index contributed by atoms with van der Waals surface area (Å²) in [6.07, 6.45) is 3.19. The van der Waals surface area contributed by atoms with Crippen molar-refractivity contribution in [3.8, 4) is 17.0 Å². The van der Waals surface area contributed by atoms with E-state index in [2.05, 4.69) is 9.88 Å². The second-order valence-corrected chi connectivity index (χ2v) is 12.1. The normalized spacial score (nSPS) is 24.9. The first-order valence-electron chi connectivity index (χ1n) is 13.7. The zero-order chi connectivity index (χ0) is 28.4. The summed E-state index contributed by atoms with van der Waals surface area (Å²) in [5.41, 5.74) is 4.28. The third-order valence-corrected chi connectivity index (χ3v) is 7.96. The lowest BCUT2D eigenvalue weighted by molar-refractivity contribution is -0.131. The molecule has 39 heavy (non-hydrogen) atoms. The van der Waals surface area contributed by atoms with Crippen LogP contribution in [0.5, 0.6) is 5.75 Å². The fourth-order valence-electron chi connectivity index (χ4n) is 5.83. The van der Waals surface area contributed by atoms with Crippen LogP contribution in [0.1, 0.15) is 63.2 Å². The van der Waals surface area contributed by atoms with Gasteiger partial charge in [-0.05, 0) is 89.2 Å². The van der Waals surface area contributed by atoms with Crippen molar-refractivity contribution in [3.63, 3.8) is 0 Å². The number of hydrogen-bond acceptors (Lipinski definition) is 6. The lowest BCUT2D eigenvalue weighted by Crippen LogP contribution is -2.45. The molecule has 0 bridgehead atoms. The number of likely N-dealkylation sites (tertiary alicyclic amines) is 1. The van der Waals surface area contributed by atoms with Gasteiger partial charge in [0.05, 0.1) is 30.2 Å². The third kappa shape index (κ3) is 7.39. The summed E-state index contributed by atoms with van der Waals surface area (Å²) >= 11 is 0. The molecule has 2 aliphatic rings. The molecule has 1 aliphatic heterocycles. The summed E-state index contributed by atoms with van der Waals surface area (Å²) in [4.78, 5) is 31.5. The standard InChI is InChI=1S/C30H39F2N3O4/c1-29(2,32)18-35-10-8-19(9-11-35)17-39-23-5-7-26(34-16-23)20-4-6-24(25(31)13-20)27(37)21-12-22(36)15-30(3,14-21)28(33)38/h4-7,13,16,19,21-22,36H,8-12,14-15,17-18H2,1-3H3,(H2,33,38)/t21?,22-,30-/m0/s1. The molecule has 1 aliphatic carbocycles. The number of halogens is 2. The molecule has 2 fully saturated rings. The van der Waals surface area contributed by atoms with Gasteiger partial charge in [-0.2, -0.15) is 0 Å². The van der Waals surface area contributed by atoms with E-state index >= 15 is 4.39 Å². The van der Waals surface area contributed by atoms with Crippen LogP contribution in [-0.2, 0) is 4.79 Å². The SMILES string of the molecule is CC(C)(F)CN1CCC(COc2ccc(-c3ccc(C(=O)C4C[C@H](O)C[C@@](C)(C(N)=O)C4)c(F)c3)nc2)CC1. The van der Waals surface area contributed by atoms with Gasteiger partial charge in [-0.15, -0.1) is 0 Å². The molecule has 2 aromatic rings. The smallest absolute Gasteiger partial charge is 0.223 e. The summed E-state index contributed by atoms with van der Waals surface area (Å²) in [6.45, 7) is 7.56. The molecule has 1 saturated carbocycles. The number of pyridine rings is 1. The quantitative estimate of drug-likeness (QED) is 0.449. The third-order valence-electron chi connectivity index (χ3n) is 7.96. The van der Waals surface area contributed by atoms with Crippen molar-refractivity contribution in [1.82, 2.24) is 9.88 Å². The molecule has 0 radical (unpaired) electrons. The van der Waals surface area contributed by atoms with Crippen LogP contribution in [0, 0.1) is 23.1 Å². The maximum atomic E-state index is 15.1. The predicted octanol–water partition coefficient (Wildman–Crippen LogP) is 4.56. The molecule has 1 unspecified atom stereocenters. The molecule has 1 saturated heterocycles. The minimum Gasteiger partial charge on any atom is -0.492 e. The number of carbonyl (C=O) groups excluding carboxylic acids is 2. The van der Waals surface area contributed by atoms with Gasteiger partial charge >= 0.3 is 0 Å². The van der Waals surface area contributed by atoms with Crippen LogP contribution >= 0.6 is 0 Å². The number of ether oxygens (including phenoxy) is 1. The number of aliphatic hydroxyl groups excluding tert-OH is 1. The number of nitrogens with two attached hydrogens (primary N) is 1. The van der Waals surface area contributed by atoms with E-state index in [1.807, 2.05) is 0 Å². The van der Waals surface area contributed by atoms with E-state index in [4.69, 9.17) is 10.5 Å². The Hall–Kier alpha value is -2.91. The fraction of sp³-hybridized carbons (Fsp3) is 0.567. The molecule has 212 valence electrons. The number of amides is 1. The number of rotatable bonds is 9. The summed E-state index contributed by atoms with van der Waals surface area (Å²) in [6, 6.07) is 7.87. The van der Waals surface area contributed by atoms with Gasteiger partial charge in [0.2, 0.25) is 5.91 Å². The van der Waals surface area contributed by atoms with E-state index < -0.39 is 40.6 Å². The Morgan fingerprint density at radius 1 is 1.21 bits per heavy atom. The van der Waals surface area contributed by atoms with Gasteiger partial charge in [-0.25, -0.2) is 8.78 Å². The maximum Gasteiger partial charge on any atom is 0.223 e. The number of benzene rings is 1. The Kier molecular flexibility index (Phi) is 8.71. The van der Waals surface area contributed by atoms with Crippen molar-refractivity contribution in [3.05, 3.63) is 47.9 Å². The summed E-state index contributed by atoms with van der Waals surface area (Å²) in [5.74, 6) is -1.37. The summed E-state index contributed by atoms with van der Waals surface area (Å²) < 4.78 is 34.9. The number of hydrogen-bond donors (Lipinski definition) is 2. The second kappa shape index (κ2) is 11.7. The molecule has 7 nitrogen and oxygen atoms in total. The predicted molar refractivity (Wildman–Crippen MR) is 144 cm³/mol. The number of aromatic nitrogens is 1. The minimum absolute atomic E-state index is 0.0780. The first-order chi connectivity index (χ1) is 18.3. The van der Waals surface area contributed by atoms with Crippen molar-refractivity contribution in [2.24, 2.45) is 23.0 Å². The van der Waals surface area contributed by atoms with Crippen LogP contribution in [0.15, 0.2) is 36.5 Å². The molecule has 1 aromatic carbocycles. The van der Waals surface area contributed by atoms with Crippen LogP contribution < -0.4 is 10.5 Å². The van der Waals surface area contributed by atoms with Crippen molar-refractivity contribution < 1.29 is 28.2 Å². The van der Waals surface area contributed by atoms with E-state index in [0.717, 1.165) is 25.9 Å². The Morgan fingerprint density at radius 2 is 1.92 bits per heavy atom. The van der Waals surface area contributed by atoms with E-state index in [9.17, 15) is 19.1 Å². The van der Waals surface area contributed by atoms with Crippen molar-refractivity contribution in [2.75, 3.05) is 26.2 Å². The number of ketones is 1. The molecule has 3 atom stereocenters. The van der Waals surface area contributed by atoms with Crippen molar-refractivity contribution >= 4 is 11.7 Å². The second-order valence-electron chi connectivity index (χ2n) is 12.1. The lowest BCUT2D eigenvalue weighted by atomic mass is 9.67. The molecule has 9 heteroatoms.